The van der Waals surface area contributed by atoms with Gasteiger partial charge >= 0.3 is 12.0 Å². The summed E-state index contributed by atoms with van der Waals surface area (Å²) >= 11 is 0. The molecule has 0 radical (unpaired) electrons. The van der Waals surface area contributed by atoms with Gasteiger partial charge < -0.3 is 15.8 Å². The van der Waals surface area contributed by atoms with E-state index in [0.717, 1.165) is 10.5 Å². The molecule has 1 aliphatic heterocycles. The van der Waals surface area contributed by atoms with Crippen molar-refractivity contribution in [2.45, 2.75) is 12.5 Å². The van der Waals surface area contributed by atoms with E-state index in [1.54, 1.807) is 31.2 Å². The maximum absolute atomic E-state index is 12.5. The number of hydrogen-bond acceptors (Lipinski definition) is 5. The summed E-state index contributed by atoms with van der Waals surface area (Å²) in [5, 5.41) is 12.2. The number of carboxylic acids is 1. The van der Waals surface area contributed by atoms with E-state index in [-0.39, 0.29) is 12.4 Å². The van der Waals surface area contributed by atoms with Crippen LogP contribution in [0, 0.1) is 0 Å². The maximum Gasteiger partial charge on any atom is 0.328 e. The maximum atomic E-state index is 12.5. The summed E-state index contributed by atoms with van der Waals surface area (Å²) < 4.78 is 0. The fourth-order valence-corrected chi connectivity index (χ4v) is 2.44. The number of likely N-dealkylation sites (N-methyl/N-ethyl adjacent to an activating group) is 1. The van der Waals surface area contributed by atoms with Crippen LogP contribution in [-0.2, 0) is 15.1 Å². The van der Waals surface area contributed by atoms with Crippen molar-refractivity contribution in [2.75, 3.05) is 13.6 Å². The van der Waals surface area contributed by atoms with Crippen molar-refractivity contribution in [3.63, 3.8) is 0 Å². The molecule has 8 nitrogen and oxygen atoms in total. The quantitative estimate of drug-likeness (QED) is 0.360. The molecule has 1 heterocycles. The van der Waals surface area contributed by atoms with Crippen LogP contribution >= 0.6 is 12.4 Å². The van der Waals surface area contributed by atoms with Crippen LogP contribution in [0.15, 0.2) is 29.4 Å². The highest BCUT2D eigenvalue weighted by Crippen LogP contribution is 2.35. The number of hydrogen-bond donors (Lipinski definition) is 2. The predicted octanol–water partition coefficient (Wildman–Crippen LogP) is 0.595. The molecule has 1 aromatic rings. The number of halogens is 1. The number of carbonyl (C=O) groups excluding carboxylic acids is 2. The minimum Gasteiger partial charge on any atom is -0.480 e. The molecule has 0 bridgehead atoms. The van der Waals surface area contributed by atoms with Crippen molar-refractivity contribution >= 4 is 36.5 Å². The minimum atomic E-state index is -1.25. The van der Waals surface area contributed by atoms with E-state index >= 15 is 0 Å². The van der Waals surface area contributed by atoms with Crippen LogP contribution in [0.25, 0.3) is 0 Å². The third kappa shape index (κ3) is 2.98. The van der Waals surface area contributed by atoms with E-state index in [9.17, 15) is 14.4 Å². The Kier molecular flexibility index (Phi) is 5.34. The molecule has 3 amide bonds. The first-order valence-electron chi connectivity index (χ1n) is 6.47. The number of nitrogens with zero attached hydrogens (tertiary/aromatic N) is 3. The van der Waals surface area contributed by atoms with Crippen molar-refractivity contribution in [2.24, 2.45) is 10.9 Å². The molecule has 1 aromatic carbocycles. The minimum absolute atomic E-state index is 0. The molecule has 1 unspecified atom stereocenters. The second kappa shape index (κ2) is 6.66. The Morgan fingerprint density at radius 2 is 1.91 bits per heavy atom. The predicted molar refractivity (Wildman–Crippen MR) is 85.3 cm³/mol. The standard InChI is InChI=1S/C14H16N4O4.ClH/c1-14(10-5-3-9(4-6-10)7-16-15)12(21)18(8-11(19)20)13(22)17(14)2;/h3-7H,8,15H2,1-2H3,(H,19,20);1H. The number of carboxylic acid groups (broad SMARTS) is 1. The number of hydrazone groups is 1. The second-order valence-corrected chi connectivity index (χ2v) is 5.10. The number of benzene rings is 1. The molecule has 0 aliphatic carbocycles. The van der Waals surface area contributed by atoms with Gasteiger partial charge in [0, 0.05) is 7.05 Å². The Bertz CT molecular complexity index is 661. The van der Waals surface area contributed by atoms with E-state index < -0.39 is 30.0 Å². The largest absolute Gasteiger partial charge is 0.480 e. The van der Waals surface area contributed by atoms with Crippen LogP contribution in [0.5, 0.6) is 0 Å². The van der Waals surface area contributed by atoms with Gasteiger partial charge in [0.15, 0.2) is 0 Å². The molecule has 124 valence electrons. The van der Waals surface area contributed by atoms with Crippen molar-refractivity contribution in [3.05, 3.63) is 35.4 Å². The molecule has 23 heavy (non-hydrogen) atoms. The molecule has 3 N–H and O–H groups in total. The van der Waals surface area contributed by atoms with Gasteiger partial charge in [-0.25, -0.2) is 4.79 Å². The lowest BCUT2D eigenvalue weighted by Crippen LogP contribution is -2.42. The molecular formula is C14H17ClN4O4. The molecular weight excluding hydrogens is 324 g/mol. The highest BCUT2D eigenvalue weighted by Gasteiger charge is 2.53. The van der Waals surface area contributed by atoms with Gasteiger partial charge in [-0.3, -0.25) is 14.5 Å². The first-order chi connectivity index (χ1) is 10.3. The van der Waals surface area contributed by atoms with Gasteiger partial charge in [-0.05, 0) is 18.1 Å². The van der Waals surface area contributed by atoms with E-state index in [4.69, 9.17) is 10.9 Å². The molecule has 0 saturated carbocycles. The number of imide groups is 1. The third-order valence-electron chi connectivity index (χ3n) is 3.84. The van der Waals surface area contributed by atoms with Crippen LogP contribution in [0.3, 0.4) is 0 Å². The molecule has 1 atom stereocenters. The van der Waals surface area contributed by atoms with E-state index in [0.29, 0.717) is 5.56 Å². The fraction of sp³-hybridized carbons (Fsp3) is 0.286. The summed E-state index contributed by atoms with van der Waals surface area (Å²) in [7, 11) is 1.47. The summed E-state index contributed by atoms with van der Waals surface area (Å²) in [4.78, 5) is 37.5. The van der Waals surface area contributed by atoms with Gasteiger partial charge in [-0.15, -0.1) is 12.4 Å². The van der Waals surface area contributed by atoms with Gasteiger partial charge in [0.2, 0.25) is 0 Å². The lowest BCUT2D eigenvalue weighted by molar-refractivity contribution is -0.143. The lowest BCUT2D eigenvalue weighted by Gasteiger charge is -2.29. The summed E-state index contributed by atoms with van der Waals surface area (Å²) in [5.74, 6) is 3.26. The van der Waals surface area contributed by atoms with Crippen molar-refractivity contribution in [3.8, 4) is 0 Å². The second-order valence-electron chi connectivity index (χ2n) is 5.10. The zero-order valence-corrected chi connectivity index (χ0v) is 13.4. The monoisotopic (exact) mass is 340 g/mol. The van der Waals surface area contributed by atoms with Crippen molar-refractivity contribution in [1.29, 1.82) is 0 Å². The van der Waals surface area contributed by atoms with E-state index in [1.165, 1.54) is 18.2 Å². The van der Waals surface area contributed by atoms with E-state index in [2.05, 4.69) is 5.10 Å². The normalized spacial score (nSPS) is 21.0. The van der Waals surface area contributed by atoms with Crippen LogP contribution < -0.4 is 5.84 Å². The summed E-state index contributed by atoms with van der Waals surface area (Å²) in [5.41, 5.74) is 0.0809. The van der Waals surface area contributed by atoms with Crippen LogP contribution in [0.1, 0.15) is 18.1 Å². The zero-order chi connectivity index (χ0) is 16.5. The molecule has 9 heteroatoms. The molecule has 1 fully saturated rings. The summed E-state index contributed by atoms with van der Waals surface area (Å²) in [6, 6.07) is 6.15. The molecule has 0 aromatic heterocycles. The molecule has 0 spiro atoms. The van der Waals surface area contributed by atoms with Crippen LogP contribution in [-0.4, -0.2) is 52.6 Å². The number of nitrogens with two attached hydrogens (primary N) is 1. The SMILES string of the molecule is CN1C(=O)N(CC(=O)O)C(=O)C1(C)c1ccc(C=NN)cc1.Cl. The van der Waals surface area contributed by atoms with Crippen molar-refractivity contribution in [1.82, 2.24) is 9.80 Å². The summed E-state index contributed by atoms with van der Waals surface area (Å²) in [6.07, 6.45) is 1.45. The van der Waals surface area contributed by atoms with E-state index in [1.807, 2.05) is 0 Å². The lowest BCUT2D eigenvalue weighted by atomic mass is 9.90. The van der Waals surface area contributed by atoms with Gasteiger partial charge in [-0.1, -0.05) is 24.3 Å². The first-order valence-corrected chi connectivity index (χ1v) is 6.47. The first kappa shape index (κ1) is 18.4. The van der Waals surface area contributed by atoms with Crippen LogP contribution in [0.2, 0.25) is 0 Å². The van der Waals surface area contributed by atoms with Gasteiger partial charge in [0.1, 0.15) is 12.1 Å². The Hall–Kier alpha value is -2.61. The highest BCUT2D eigenvalue weighted by molar-refractivity contribution is 6.08. The smallest absolute Gasteiger partial charge is 0.328 e. The Labute approximate surface area is 139 Å². The number of carbonyl (C=O) groups is 3. The fourth-order valence-electron chi connectivity index (χ4n) is 2.44. The zero-order valence-electron chi connectivity index (χ0n) is 12.6. The van der Waals surface area contributed by atoms with Crippen molar-refractivity contribution < 1.29 is 19.5 Å². The Balaban J connectivity index is 0.00000264. The topological polar surface area (TPSA) is 116 Å². The number of aliphatic carboxylic acids is 1. The molecule has 1 aliphatic rings. The summed E-state index contributed by atoms with van der Waals surface area (Å²) in [6.45, 7) is 0.927. The van der Waals surface area contributed by atoms with Crippen LogP contribution in [0.4, 0.5) is 4.79 Å². The number of rotatable bonds is 4. The average Bonchev–Trinajstić information content (AvgIpc) is 2.64. The average molecular weight is 341 g/mol. The Morgan fingerprint density at radius 3 is 2.39 bits per heavy atom. The molecule has 2 rings (SSSR count). The van der Waals surface area contributed by atoms with Gasteiger partial charge in [0.25, 0.3) is 5.91 Å². The Morgan fingerprint density at radius 1 is 1.35 bits per heavy atom. The third-order valence-corrected chi connectivity index (χ3v) is 3.84. The number of urea groups is 1. The highest BCUT2D eigenvalue weighted by atomic mass is 35.5. The van der Waals surface area contributed by atoms with Gasteiger partial charge in [0.05, 0.1) is 6.21 Å². The number of amides is 3. The van der Waals surface area contributed by atoms with Gasteiger partial charge in [-0.2, -0.15) is 5.10 Å². The molecule has 1 saturated heterocycles.